The van der Waals surface area contributed by atoms with Gasteiger partial charge in [-0.1, -0.05) is 18.2 Å². The molecule has 3 rings (SSSR count). The number of benzene rings is 1. The van der Waals surface area contributed by atoms with Crippen LogP contribution in [0.25, 0.3) is 10.6 Å². The highest BCUT2D eigenvalue weighted by Crippen LogP contribution is 2.28. The van der Waals surface area contributed by atoms with Crippen LogP contribution in [0, 0.1) is 0 Å². The van der Waals surface area contributed by atoms with E-state index in [4.69, 9.17) is 4.42 Å². The van der Waals surface area contributed by atoms with Crippen molar-refractivity contribution in [2.75, 3.05) is 5.32 Å². The number of nitrogens with zero attached hydrogens (tertiary/aromatic N) is 1. The third-order valence-electron chi connectivity index (χ3n) is 2.65. The summed E-state index contributed by atoms with van der Waals surface area (Å²) in [5, 5.41) is 4.74. The van der Waals surface area contributed by atoms with Gasteiger partial charge in [-0.2, -0.15) is 0 Å². The molecular formula is C14H9BrN2O2S. The fourth-order valence-electron chi connectivity index (χ4n) is 1.73. The molecule has 3 aromatic rings. The number of oxazole rings is 1. The molecule has 0 radical (unpaired) electrons. The first-order valence-electron chi connectivity index (χ1n) is 5.79. The van der Waals surface area contributed by atoms with E-state index in [1.807, 2.05) is 41.8 Å². The Balaban J connectivity index is 1.89. The lowest BCUT2D eigenvalue weighted by Crippen LogP contribution is -2.13. The van der Waals surface area contributed by atoms with E-state index in [0.717, 1.165) is 9.35 Å². The summed E-state index contributed by atoms with van der Waals surface area (Å²) in [7, 11) is 0. The largest absolute Gasteiger partial charge is 0.442 e. The SMILES string of the molecule is O=C(Nc1ccccc1Br)c1ncoc1-c1cccs1. The molecule has 0 bridgehead atoms. The van der Waals surface area contributed by atoms with E-state index >= 15 is 0 Å². The minimum absolute atomic E-state index is 0.281. The van der Waals surface area contributed by atoms with E-state index < -0.39 is 0 Å². The maximum atomic E-state index is 12.3. The van der Waals surface area contributed by atoms with Gasteiger partial charge in [0.2, 0.25) is 0 Å². The van der Waals surface area contributed by atoms with Crippen LogP contribution < -0.4 is 5.32 Å². The average Bonchev–Trinajstić information content (AvgIpc) is 3.11. The Hall–Kier alpha value is -1.92. The van der Waals surface area contributed by atoms with Crippen molar-refractivity contribution in [1.29, 1.82) is 0 Å². The molecule has 20 heavy (non-hydrogen) atoms. The fourth-order valence-corrected chi connectivity index (χ4v) is 2.83. The molecule has 4 nitrogen and oxygen atoms in total. The number of halogens is 1. The maximum absolute atomic E-state index is 12.3. The summed E-state index contributed by atoms with van der Waals surface area (Å²) in [6, 6.07) is 11.2. The van der Waals surface area contributed by atoms with Crippen molar-refractivity contribution in [2.24, 2.45) is 0 Å². The molecule has 100 valence electrons. The molecule has 0 saturated heterocycles. The molecule has 0 aliphatic rings. The standard InChI is InChI=1S/C14H9BrN2O2S/c15-9-4-1-2-5-10(9)17-14(18)12-13(19-8-16-12)11-6-3-7-20-11/h1-8H,(H,17,18). The average molecular weight is 349 g/mol. The number of aromatic nitrogens is 1. The molecule has 2 aromatic heterocycles. The summed E-state index contributed by atoms with van der Waals surface area (Å²) in [4.78, 5) is 17.2. The van der Waals surface area contributed by atoms with Gasteiger partial charge in [-0.05, 0) is 39.5 Å². The van der Waals surface area contributed by atoms with Gasteiger partial charge in [-0.3, -0.25) is 4.79 Å². The van der Waals surface area contributed by atoms with Crippen LogP contribution in [0.2, 0.25) is 0 Å². The highest BCUT2D eigenvalue weighted by Gasteiger charge is 2.19. The number of nitrogens with one attached hydrogen (secondary N) is 1. The number of carbonyl (C=O) groups excluding carboxylic acids is 1. The molecule has 1 N–H and O–H groups in total. The van der Waals surface area contributed by atoms with E-state index in [9.17, 15) is 4.79 Å². The van der Waals surface area contributed by atoms with Crippen molar-refractivity contribution in [3.63, 3.8) is 0 Å². The monoisotopic (exact) mass is 348 g/mol. The number of thiophene rings is 1. The Morgan fingerprint density at radius 3 is 2.85 bits per heavy atom. The Morgan fingerprint density at radius 2 is 2.10 bits per heavy atom. The number of anilines is 1. The first-order valence-corrected chi connectivity index (χ1v) is 7.46. The van der Waals surface area contributed by atoms with Gasteiger partial charge in [0, 0.05) is 4.47 Å². The van der Waals surface area contributed by atoms with Gasteiger partial charge in [-0.25, -0.2) is 4.98 Å². The van der Waals surface area contributed by atoms with Gasteiger partial charge >= 0.3 is 0 Å². The topological polar surface area (TPSA) is 55.1 Å². The smallest absolute Gasteiger partial charge is 0.278 e. The molecule has 1 aromatic carbocycles. The van der Waals surface area contributed by atoms with Crippen LogP contribution in [0.15, 0.2) is 57.1 Å². The predicted octanol–water partition coefficient (Wildman–Crippen LogP) is 4.42. The molecule has 0 aliphatic heterocycles. The third-order valence-corrected chi connectivity index (χ3v) is 4.21. The number of amides is 1. The summed E-state index contributed by atoms with van der Waals surface area (Å²) < 4.78 is 6.14. The fraction of sp³-hybridized carbons (Fsp3) is 0. The Labute approximate surface area is 127 Å². The van der Waals surface area contributed by atoms with Crippen LogP contribution in [-0.4, -0.2) is 10.9 Å². The van der Waals surface area contributed by atoms with Gasteiger partial charge < -0.3 is 9.73 Å². The van der Waals surface area contributed by atoms with Gasteiger partial charge in [-0.15, -0.1) is 11.3 Å². The summed E-state index contributed by atoms with van der Waals surface area (Å²) >= 11 is 4.89. The number of rotatable bonds is 3. The van der Waals surface area contributed by atoms with Crippen molar-refractivity contribution < 1.29 is 9.21 Å². The second-order valence-electron chi connectivity index (χ2n) is 3.94. The maximum Gasteiger partial charge on any atom is 0.278 e. The number of hydrogen-bond acceptors (Lipinski definition) is 4. The van der Waals surface area contributed by atoms with E-state index in [1.165, 1.54) is 17.7 Å². The van der Waals surface area contributed by atoms with Gasteiger partial charge in [0.25, 0.3) is 5.91 Å². The zero-order valence-corrected chi connectivity index (χ0v) is 12.6. The van der Waals surface area contributed by atoms with Gasteiger partial charge in [0.15, 0.2) is 17.8 Å². The molecule has 2 heterocycles. The quantitative estimate of drug-likeness (QED) is 0.762. The number of para-hydroxylation sites is 1. The molecule has 0 spiro atoms. The normalized spacial score (nSPS) is 10.4. The van der Waals surface area contributed by atoms with Crippen molar-refractivity contribution in [3.8, 4) is 10.6 Å². The highest BCUT2D eigenvalue weighted by molar-refractivity contribution is 9.10. The van der Waals surface area contributed by atoms with Crippen LogP contribution in [-0.2, 0) is 0 Å². The lowest BCUT2D eigenvalue weighted by Gasteiger charge is -2.05. The van der Waals surface area contributed by atoms with Gasteiger partial charge in [0.1, 0.15) is 0 Å². The summed E-state index contributed by atoms with van der Waals surface area (Å²) in [6.45, 7) is 0. The molecule has 1 amide bonds. The molecule has 0 saturated carbocycles. The van der Waals surface area contributed by atoms with E-state index in [1.54, 1.807) is 0 Å². The zero-order chi connectivity index (χ0) is 13.9. The van der Waals surface area contributed by atoms with E-state index in [2.05, 4.69) is 26.2 Å². The second kappa shape index (κ2) is 5.60. The van der Waals surface area contributed by atoms with Crippen LogP contribution in [0.1, 0.15) is 10.5 Å². The van der Waals surface area contributed by atoms with Gasteiger partial charge in [0.05, 0.1) is 10.6 Å². The molecule has 0 atom stereocenters. The molecule has 0 fully saturated rings. The molecule has 0 unspecified atom stereocenters. The van der Waals surface area contributed by atoms with Crippen LogP contribution in [0.4, 0.5) is 5.69 Å². The molecular weight excluding hydrogens is 340 g/mol. The van der Waals surface area contributed by atoms with E-state index in [-0.39, 0.29) is 11.6 Å². The zero-order valence-electron chi connectivity index (χ0n) is 10.2. The van der Waals surface area contributed by atoms with Crippen LogP contribution >= 0.6 is 27.3 Å². The molecule has 6 heteroatoms. The van der Waals surface area contributed by atoms with Crippen LogP contribution in [0.5, 0.6) is 0 Å². The first-order chi connectivity index (χ1) is 9.75. The number of carbonyl (C=O) groups is 1. The van der Waals surface area contributed by atoms with Crippen molar-refractivity contribution in [1.82, 2.24) is 4.98 Å². The molecule has 0 aliphatic carbocycles. The van der Waals surface area contributed by atoms with Crippen LogP contribution in [0.3, 0.4) is 0 Å². The van der Waals surface area contributed by atoms with Crippen molar-refractivity contribution in [3.05, 3.63) is 58.3 Å². The second-order valence-corrected chi connectivity index (χ2v) is 5.74. The lowest BCUT2D eigenvalue weighted by atomic mass is 10.2. The Morgan fingerprint density at radius 1 is 1.25 bits per heavy atom. The van der Waals surface area contributed by atoms with Crippen molar-refractivity contribution in [2.45, 2.75) is 0 Å². The Bertz CT molecular complexity index is 737. The predicted molar refractivity (Wildman–Crippen MR) is 81.9 cm³/mol. The Kier molecular flexibility index (Phi) is 3.66. The highest BCUT2D eigenvalue weighted by atomic mass is 79.9. The lowest BCUT2D eigenvalue weighted by molar-refractivity contribution is 0.102. The summed E-state index contributed by atoms with van der Waals surface area (Å²) in [5.41, 5.74) is 0.973. The van der Waals surface area contributed by atoms with E-state index in [0.29, 0.717) is 11.4 Å². The summed E-state index contributed by atoms with van der Waals surface area (Å²) in [5.74, 6) is 0.193. The van der Waals surface area contributed by atoms with Crippen molar-refractivity contribution >= 4 is 38.9 Å². The minimum atomic E-state index is -0.297. The summed E-state index contributed by atoms with van der Waals surface area (Å²) in [6.07, 6.45) is 1.28. The number of hydrogen-bond donors (Lipinski definition) is 1. The third kappa shape index (κ3) is 2.52. The minimum Gasteiger partial charge on any atom is -0.442 e. The first kappa shape index (κ1) is 13.1.